The van der Waals surface area contributed by atoms with Crippen molar-refractivity contribution in [1.29, 1.82) is 0 Å². The van der Waals surface area contributed by atoms with E-state index in [1.54, 1.807) is 30.1 Å². The molecule has 2 amide bonds. The molecule has 0 aliphatic rings. The molecule has 2 N–H and O–H groups in total. The largest absolute Gasteiger partial charge is 0.478 e. The Morgan fingerprint density at radius 1 is 1.37 bits per heavy atom. The lowest BCUT2D eigenvalue weighted by atomic mass is 10.1. The highest BCUT2D eigenvalue weighted by molar-refractivity contribution is 5.99. The van der Waals surface area contributed by atoms with E-state index in [9.17, 15) is 9.59 Å². The number of benzene rings is 1. The minimum Gasteiger partial charge on any atom is -0.478 e. The van der Waals surface area contributed by atoms with Gasteiger partial charge in [0.05, 0.1) is 11.3 Å². The fraction of sp³-hybridized carbons (Fsp3) is 0.429. The molecule has 5 heteroatoms. The van der Waals surface area contributed by atoms with Gasteiger partial charge in [-0.2, -0.15) is 0 Å². The summed E-state index contributed by atoms with van der Waals surface area (Å²) in [4.78, 5) is 24.6. The highest BCUT2D eigenvalue weighted by Gasteiger charge is 2.15. The van der Waals surface area contributed by atoms with Crippen LogP contribution < -0.4 is 5.32 Å². The third kappa shape index (κ3) is 4.28. The molecule has 0 saturated heterocycles. The van der Waals surface area contributed by atoms with Crippen molar-refractivity contribution in [3.05, 3.63) is 29.8 Å². The molecule has 0 aliphatic heterocycles. The van der Waals surface area contributed by atoms with E-state index in [2.05, 4.69) is 19.2 Å². The molecule has 0 saturated carbocycles. The quantitative estimate of drug-likeness (QED) is 0.859. The number of amides is 2. The van der Waals surface area contributed by atoms with Gasteiger partial charge >= 0.3 is 12.0 Å². The van der Waals surface area contributed by atoms with Gasteiger partial charge in [-0.3, -0.25) is 0 Å². The number of rotatable bonds is 5. The van der Waals surface area contributed by atoms with Crippen LogP contribution in [0.25, 0.3) is 0 Å². The number of carboxylic acid groups (broad SMARTS) is 1. The van der Waals surface area contributed by atoms with Crippen LogP contribution in [0.4, 0.5) is 10.5 Å². The molecule has 0 aliphatic carbocycles. The number of carbonyl (C=O) groups is 2. The molecule has 0 fully saturated rings. The van der Waals surface area contributed by atoms with Crippen LogP contribution in [0.5, 0.6) is 0 Å². The van der Waals surface area contributed by atoms with Crippen LogP contribution >= 0.6 is 0 Å². The number of carboxylic acids is 1. The van der Waals surface area contributed by atoms with Crippen molar-refractivity contribution in [2.24, 2.45) is 5.92 Å². The zero-order chi connectivity index (χ0) is 14.4. The first-order valence-electron chi connectivity index (χ1n) is 6.30. The lowest BCUT2D eigenvalue weighted by Gasteiger charge is -2.21. The molecule has 0 heterocycles. The SMILES string of the molecule is CCC(C)CN(C)C(=O)Nc1ccccc1C(=O)O. The van der Waals surface area contributed by atoms with Gasteiger partial charge in [0.2, 0.25) is 0 Å². The summed E-state index contributed by atoms with van der Waals surface area (Å²) in [6, 6.07) is 6.07. The topological polar surface area (TPSA) is 69.6 Å². The summed E-state index contributed by atoms with van der Waals surface area (Å²) >= 11 is 0. The first-order valence-corrected chi connectivity index (χ1v) is 6.30. The lowest BCUT2D eigenvalue weighted by molar-refractivity contribution is 0.0698. The second-order valence-corrected chi connectivity index (χ2v) is 4.67. The van der Waals surface area contributed by atoms with Gasteiger partial charge in [0.25, 0.3) is 0 Å². The zero-order valence-corrected chi connectivity index (χ0v) is 11.5. The number of nitrogens with zero attached hydrogens (tertiary/aromatic N) is 1. The molecular formula is C14H20N2O3. The van der Waals surface area contributed by atoms with Crippen LogP contribution in [-0.2, 0) is 0 Å². The average molecular weight is 264 g/mol. The number of aromatic carboxylic acids is 1. The predicted molar refractivity (Wildman–Crippen MR) is 74.5 cm³/mol. The number of carbonyl (C=O) groups excluding carboxylic acids is 1. The van der Waals surface area contributed by atoms with Crippen LogP contribution in [0.3, 0.4) is 0 Å². The molecule has 0 spiro atoms. The number of hydrogen-bond acceptors (Lipinski definition) is 2. The standard InChI is InChI=1S/C14H20N2O3/c1-4-10(2)9-16(3)14(19)15-12-8-6-5-7-11(12)13(17)18/h5-8,10H,4,9H2,1-3H3,(H,15,19)(H,17,18). The van der Waals surface area contributed by atoms with Crippen LogP contribution in [-0.4, -0.2) is 35.6 Å². The summed E-state index contributed by atoms with van der Waals surface area (Å²) in [7, 11) is 1.70. The number of nitrogens with one attached hydrogen (secondary N) is 1. The average Bonchev–Trinajstić information content (AvgIpc) is 2.38. The molecule has 1 aromatic carbocycles. The first-order chi connectivity index (χ1) is 8.95. The Morgan fingerprint density at radius 2 is 2.00 bits per heavy atom. The third-order valence-corrected chi connectivity index (χ3v) is 3.03. The van der Waals surface area contributed by atoms with Crippen LogP contribution in [0.2, 0.25) is 0 Å². The molecule has 19 heavy (non-hydrogen) atoms. The summed E-state index contributed by atoms with van der Waals surface area (Å²) in [5.74, 6) is -0.647. The highest BCUT2D eigenvalue weighted by atomic mass is 16.4. The zero-order valence-electron chi connectivity index (χ0n) is 11.5. The Labute approximate surface area is 113 Å². The lowest BCUT2D eigenvalue weighted by Crippen LogP contribution is -2.34. The molecule has 1 unspecified atom stereocenters. The number of para-hydroxylation sites is 1. The van der Waals surface area contributed by atoms with Crippen molar-refractivity contribution in [2.45, 2.75) is 20.3 Å². The molecule has 0 aromatic heterocycles. The maximum atomic E-state index is 12.0. The number of urea groups is 1. The molecule has 1 rings (SSSR count). The molecule has 1 aromatic rings. The van der Waals surface area contributed by atoms with Gasteiger partial charge in [0.1, 0.15) is 0 Å². The summed E-state index contributed by atoms with van der Waals surface area (Å²) in [6.45, 7) is 4.77. The number of hydrogen-bond donors (Lipinski definition) is 2. The second kappa shape index (κ2) is 6.78. The molecule has 0 bridgehead atoms. The summed E-state index contributed by atoms with van der Waals surface area (Å²) < 4.78 is 0. The molecule has 104 valence electrons. The van der Waals surface area contributed by atoms with Gasteiger partial charge < -0.3 is 15.3 Å². The predicted octanol–water partition coefficient (Wildman–Crippen LogP) is 2.89. The first kappa shape index (κ1) is 15.0. The fourth-order valence-electron chi connectivity index (χ4n) is 1.67. The maximum absolute atomic E-state index is 12.0. The van der Waals surface area contributed by atoms with Gasteiger partial charge in [-0.25, -0.2) is 9.59 Å². The minimum atomic E-state index is -1.06. The molecule has 1 atom stereocenters. The van der Waals surface area contributed by atoms with E-state index in [-0.39, 0.29) is 11.6 Å². The third-order valence-electron chi connectivity index (χ3n) is 3.03. The fourth-order valence-corrected chi connectivity index (χ4v) is 1.67. The van der Waals surface area contributed by atoms with E-state index in [1.807, 2.05) is 0 Å². The van der Waals surface area contributed by atoms with Gasteiger partial charge in [-0.05, 0) is 18.1 Å². The van der Waals surface area contributed by atoms with Gasteiger partial charge in [0.15, 0.2) is 0 Å². The highest BCUT2D eigenvalue weighted by Crippen LogP contribution is 2.15. The van der Waals surface area contributed by atoms with E-state index < -0.39 is 5.97 Å². The Bertz CT molecular complexity index is 460. The van der Waals surface area contributed by atoms with E-state index in [4.69, 9.17) is 5.11 Å². The van der Waals surface area contributed by atoms with Gasteiger partial charge in [0, 0.05) is 13.6 Å². The van der Waals surface area contributed by atoms with Crippen LogP contribution in [0.15, 0.2) is 24.3 Å². The van der Waals surface area contributed by atoms with Crippen molar-refractivity contribution >= 4 is 17.7 Å². The summed E-state index contributed by atoms with van der Waals surface area (Å²) in [5, 5.41) is 11.7. The number of anilines is 1. The molecule has 0 radical (unpaired) electrons. The van der Waals surface area contributed by atoms with E-state index >= 15 is 0 Å². The monoisotopic (exact) mass is 264 g/mol. The van der Waals surface area contributed by atoms with E-state index in [0.717, 1.165) is 6.42 Å². The van der Waals surface area contributed by atoms with Gasteiger partial charge in [-0.1, -0.05) is 32.4 Å². The molecular weight excluding hydrogens is 244 g/mol. The van der Waals surface area contributed by atoms with Crippen molar-refractivity contribution in [1.82, 2.24) is 4.90 Å². The van der Waals surface area contributed by atoms with Crippen LogP contribution in [0.1, 0.15) is 30.6 Å². The summed E-state index contributed by atoms with van der Waals surface area (Å²) in [6.07, 6.45) is 0.989. The van der Waals surface area contributed by atoms with Crippen LogP contribution in [0, 0.1) is 5.92 Å². The maximum Gasteiger partial charge on any atom is 0.337 e. The molecule has 5 nitrogen and oxygen atoms in total. The Balaban J connectivity index is 2.74. The second-order valence-electron chi connectivity index (χ2n) is 4.67. The Morgan fingerprint density at radius 3 is 2.58 bits per heavy atom. The van der Waals surface area contributed by atoms with Crippen molar-refractivity contribution in [3.8, 4) is 0 Å². The van der Waals surface area contributed by atoms with Gasteiger partial charge in [-0.15, -0.1) is 0 Å². The normalized spacial score (nSPS) is 11.7. The van der Waals surface area contributed by atoms with Crippen molar-refractivity contribution < 1.29 is 14.7 Å². The summed E-state index contributed by atoms with van der Waals surface area (Å²) in [5.41, 5.74) is 0.406. The van der Waals surface area contributed by atoms with E-state index in [0.29, 0.717) is 18.2 Å². The Kier molecular flexibility index (Phi) is 5.36. The van der Waals surface area contributed by atoms with Crippen molar-refractivity contribution in [2.75, 3.05) is 18.9 Å². The van der Waals surface area contributed by atoms with E-state index in [1.165, 1.54) is 6.07 Å². The minimum absolute atomic E-state index is 0.0905. The Hall–Kier alpha value is -2.04. The smallest absolute Gasteiger partial charge is 0.337 e. The van der Waals surface area contributed by atoms with Crippen molar-refractivity contribution in [3.63, 3.8) is 0 Å².